The van der Waals surface area contributed by atoms with Crippen LogP contribution in [0, 0.1) is 0 Å². The minimum atomic E-state index is -0.912. The first kappa shape index (κ1) is 11.7. The maximum absolute atomic E-state index is 10.6. The van der Waals surface area contributed by atoms with Crippen LogP contribution in [0.4, 0.5) is 0 Å². The summed E-state index contributed by atoms with van der Waals surface area (Å²) in [6.45, 7) is 1.23. The molecule has 3 N–H and O–H groups in total. The molecule has 0 amide bonds. The Balaban J connectivity index is 2.20. The lowest BCUT2D eigenvalue weighted by atomic mass is 10.0. The molecule has 1 aliphatic heterocycles. The zero-order valence-electron chi connectivity index (χ0n) is 9.39. The second kappa shape index (κ2) is 5.05. The molecule has 0 aliphatic carbocycles. The number of hydrogen-bond donors (Lipinski definition) is 2. The molecule has 17 heavy (non-hydrogen) atoms. The van der Waals surface area contributed by atoms with E-state index in [9.17, 15) is 4.79 Å². The summed E-state index contributed by atoms with van der Waals surface area (Å²) >= 11 is 0. The van der Waals surface area contributed by atoms with Crippen molar-refractivity contribution >= 4 is 5.97 Å². The molecule has 2 rings (SSSR count). The summed E-state index contributed by atoms with van der Waals surface area (Å²) in [6.07, 6.45) is 0.741. The molecule has 0 fully saturated rings. The summed E-state index contributed by atoms with van der Waals surface area (Å²) in [5.41, 5.74) is 6.54. The highest BCUT2D eigenvalue weighted by Crippen LogP contribution is 2.32. The van der Waals surface area contributed by atoms with Crippen LogP contribution in [0.5, 0.6) is 11.5 Å². The van der Waals surface area contributed by atoms with E-state index < -0.39 is 12.0 Å². The van der Waals surface area contributed by atoms with Gasteiger partial charge in [-0.15, -0.1) is 0 Å². The number of carbonyl (C=O) groups is 1. The van der Waals surface area contributed by atoms with Gasteiger partial charge < -0.3 is 20.3 Å². The third-order valence-corrected chi connectivity index (χ3v) is 2.59. The molecule has 5 heteroatoms. The molecule has 1 aromatic rings. The van der Waals surface area contributed by atoms with Crippen molar-refractivity contribution in [3.8, 4) is 11.5 Å². The quantitative estimate of drug-likeness (QED) is 0.828. The number of carboxylic acid groups (broad SMARTS) is 1. The predicted molar refractivity (Wildman–Crippen MR) is 61.2 cm³/mol. The van der Waals surface area contributed by atoms with Gasteiger partial charge in [-0.2, -0.15) is 0 Å². The number of ether oxygens (including phenoxy) is 2. The van der Waals surface area contributed by atoms with Gasteiger partial charge in [0.15, 0.2) is 11.5 Å². The Labute approximate surface area is 99.1 Å². The van der Waals surface area contributed by atoms with Crippen LogP contribution in [0.2, 0.25) is 0 Å². The van der Waals surface area contributed by atoms with E-state index in [0.29, 0.717) is 24.7 Å². The fourth-order valence-electron chi connectivity index (χ4n) is 1.72. The lowest BCUT2D eigenvalue weighted by Crippen LogP contribution is -2.15. The van der Waals surface area contributed by atoms with Crippen molar-refractivity contribution in [2.45, 2.75) is 18.9 Å². The van der Waals surface area contributed by atoms with Crippen molar-refractivity contribution in [2.75, 3.05) is 13.2 Å². The smallest absolute Gasteiger partial charge is 0.305 e. The van der Waals surface area contributed by atoms with E-state index in [0.717, 1.165) is 12.0 Å². The maximum Gasteiger partial charge on any atom is 0.305 e. The van der Waals surface area contributed by atoms with Crippen molar-refractivity contribution in [2.24, 2.45) is 5.73 Å². The summed E-state index contributed by atoms with van der Waals surface area (Å²) in [6, 6.07) is 4.79. The van der Waals surface area contributed by atoms with Crippen LogP contribution in [0.15, 0.2) is 18.2 Å². The average molecular weight is 237 g/mol. The summed E-state index contributed by atoms with van der Waals surface area (Å²) < 4.78 is 11.0. The van der Waals surface area contributed by atoms with Crippen molar-refractivity contribution in [3.63, 3.8) is 0 Å². The molecule has 1 aromatic carbocycles. The monoisotopic (exact) mass is 237 g/mol. The number of carboxylic acids is 1. The van der Waals surface area contributed by atoms with Gasteiger partial charge in [0.1, 0.15) is 0 Å². The highest BCUT2D eigenvalue weighted by molar-refractivity contribution is 5.68. The summed E-state index contributed by atoms with van der Waals surface area (Å²) in [4.78, 5) is 10.6. The Morgan fingerprint density at radius 1 is 1.35 bits per heavy atom. The second-order valence-electron chi connectivity index (χ2n) is 3.96. The molecule has 0 aromatic heterocycles. The largest absolute Gasteiger partial charge is 0.490 e. The molecule has 1 atom stereocenters. The van der Waals surface area contributed by atoms with Gasteiger partial charge in [-0.3, -0.25) is 4.79 Å². The lowest BCUT2D eigenvalue weighted by molar-refractivity contribution is -0.137. The van der Waals surface area contributed by atoms with Crippen LogP contribution >= 0.6 is 0 Å². The zero-order valence-corrected chi connectivity index (χ0v) is 9.39. The van der Waals surface area contributed by atoms with Crippen LogP contribution in [-0.4, -0.2) is 24.3 Å². The number of nitrogens with two attached hydrogens (primary N) is 1. The molecule has 1 aliphatic rings. The topological polar surface area (TPSA) is 81.8 Å². The molecule has 0 saturated carbocycles. The molecule has 0 spiro atoms. The van der Waals surface area contributed by atoms with Gasteiger partial charge in [-0.25, -0.2) is 0 Å². The Kier molecular flexibility index (Phi) is 3.49. The average Bonchev–Trinajstić information content (AvgIpc) is 2.51. The normalized spacial score (nSPS) is 16.1. The molecule has 0 saturated heterocycles. The zero-order chi connectivity index (χ0) is 12.3. The number of rotatable bonds is 3. The van der Waals surface area contributed by atoms with Gasteiger partial charge in [-0.05, 0) is 17.7 Å². The van der Waals surface area contributed by atoms with Crippen molar-refractivity contribution in [1.29, 1.82) is 0 Å². The Hall–Kier alpha value is -1.75. The molecule has 0 unspecified atom stereocenters. The lowest BCUT2D eigenvalue weighted by Gasteiger charge is -2.13. The Morgan fingerprint density at radius 2 is 2.06 bits per heavy atom. The second-order valence-corrected chi connectivity index (χ2v) is 3.96. The van der Waals surface area contributed by atoms with Gasteiger partial charge in [0.25, 0.3) is 0 Å². The maximum atomic E-state index is 10.6. The molecule has 1 heterocycles. The minimum absolute atomic E-state index is 0.0976. The third-order valence-electron chi connectivity index (χ3n) is 2.59. The fraction of sp³-hybridized carbons (Fsp3) is 0.417. The summed E-state index contributed by atoms with van der Waals surface area (Å²) in [7, 11) is 0. The van der Waals surface area contributed by atoms with Crippen LogP contribution in [0.25, 0.3) is 0 Å². The highest BCUT2D eigenvalue weighted by Gasteiger charge is 2.15. The van der Waals surface area contributed by atoms with Crippen molar-refractivity contribution < 1.29 is 19.4 Å². The summed E-state index contributed by atoms with van der Waals surface area (Å²) in [5.74, 6) is 0.416. The van der Waals surface area contributed by atoms with Crippen molar-refractivity contribution in [1.82, 2.24) is 0 Å². The Morgan fingerprint density at radius 3 is 2.76 bits per heavy atom. The number of hydrogen-bond acceptors (Lipinski definition) is 4. The predicted octanol–water partition coefficient (Wildman–Crippen LogP) is 1.32. The molecule has 0 radical (unpaired) electrons. The van der Waals surface area contributed by atoms with E-state index >= 15 is 0 Å². The number of fused-ring (bicyclic) bond motifs is 1. The standard InChI is InChI=1S/C12H15NO4/c13-9(7-12(14)15)8-2-3-10-11(6-8)17-5-1-4-16-10/h2-3,6,9H,1,4-5,7,13H2,(H,14,15)/t9-/m1/s1. The Bertz CT molecular complexity index is 419. The first-order valence-corrected chi connectivity index (χ1v) is 5.54. The van der Waals surface area contributed by atoms with Crippen molar-refractivity contribution in [3.05, 3.63) is 23.8 Å². The molecule has 5 nitrogen and oxygen atoms in total. The van der Waals surface area contributed by atoms with Gasteiger partial charge in [0, 0.05) is 12.5 Å². The van der Waals surface area contributed by atoms with E-state index in [-0.39, 0.29) is 6.42 Å². The van der Waals surface area contributed by atoms with E-state index in [1.165, 1.54) is 0 Å². The SMILES string of the molecule is N[C@H](CC(=O)O)c1ccc2c(c1)OCCCO2. The van der Waals surface area contributed by atoms with Gasteiger partial charge in [-0.1, -0.05) is 6.07 Å². The third kappa shape index (κ3) is 2.88. The first-order valence-electron chi connectivity index (χ1n) is 5.54. The summed E-state index contributed by atoms with van der Waals surface area (Å²) in [5, 5.41) is 8.69. The van der Waals surface area contributed by atoms with E-state index in [1.54, 1.807) is 18.2 Å². The van der Waals surface area contributed by atoms with Gasteiger partial charge >= 0.3 is 5.97 Å². The van der Waals surface area contributed by atoms with E-state index in [1.807, 2.05) is 0 Å². The molecular formula is C12H15NO4. The van der Waals surface area contributed by atoms with Crippen LogP contribution in [0.1, 0.15) is 24.4 Å². The molecular weight excluding hydrogens is 222 g/mol. The first-order chi connectivity index (χ1) is 8.16. The number of aliphatic carboxylic acids is 1. The van der Waals surface area contributed by atoms with E-state index in [4.69, 9.17) is 20.3 Å². The van der Waals surface area contributed by atoms with Crippen LogP contribution < -0.4 is 15.2 Å². The van der Waals surface area contributed by atoms with E-state index in [2.05, 4.69) is 0 Å². The highest BCUT2D eigenvalue weighted by atomic mass is 16.5. The van der Waals surface area contributed by atoms with Crippen LogP contribution in [0.3, 0.4) is 0 Å². The van der Waals surface area contributed by atoms with Crippen LogP contribution in [-0.2, 0) is 4.79 Å². The van der Waals surface area contributed by atoms with Gasteiger partial charge in [0.05, 0.1) is 19.6 Å². The fourth-order valence-corrected chi connectivity index (χ4v) is 1.72. The minimum Gasteiger partial charge on any atom is -0.490 e. The molecule has 92 valence electrons. The van der Waals surface area contributed by atoms with Gasteiger partial charge in [0.2, 0.25) is 0 Å². The molecule has 0 bridgehead atoms. The number of benzene rings is 1.